The van der Waals surface area contributed by atoms with Crippen LogP contribution in [-0.4, -0.2) is 20.2 Å². The molecule has 128 valence electrons. The zero-order valence-corrected chi connectivity index (χ0v) is 14.4. The normalized spacial score (nSPS) is 11.8. The minimum atomic E-state index is -0.263. The van der Waals surface area contributed by atoms with Crippen LogP contribution in [0.2, 0.25) is 0 Å². The van der Waals surface area contributed by atoms with Gasteiger partial charge in [0.05, 0.1) is 32.4 Å². The van der Waals surface area contributed by atoms with Gasteiger partial charge >= 0.3 is 5.97 Å². The van der Waals surface area contributed by atoms with Crippen LogP contribution in [0.4, 0.5) is 5.69 Å². The van der Waals surface area contributed by atoms with Gasteiger partial charge in [-0.15, -0.1) is 0 Å². The van der Waals surface area contributed by atoms with Crippen molar-refractivity contribution in [3.8, 4) is 5.75 Å². The van der Waals surface area contributed by atoms with Crippen molar-refractivity contribution in [2.75, 3.05) is 19.5 Å². The van der Waals surface area contributed by atoms with E-state index >= 15 is 0 Å². The summed E-state index contributed by atoms with van der Waals surface area (Å²) in [5.74, 6) is 0.471. The van der Waals surface area contributed by atoms with Crippen molar-refractivity contribution in [2.45, 2.75) is 12.5 Å². The van der Waals surface area contributed by atoms with Crippen LogP contribution in [0.1, 0.15) is 18.0 Å². The SMILES string of the molecule is COC(=O)CC(Nc1ccccc1OC)c1ccc2ccccc2c1. The molecule has 0 saturated heterocycles. The van der Waals surface area contributed by atoms with Crippen LogP contribution in [0.15, 0.2) is 66.7 Å². The molecule has 4 nitrogen and oxygen atoms in total. The lowest BCUT2D eigenvalue weighted by molar-refractivity contribution is -0.140. The van der Waals surface area contributed by atoms with Crippen LogP contribution in [-0.2, 0) is 9.53 Å². The molecule has 0 aliphatic rings. The number of para-hydroxylation sites is 2. The summed E-state index contributed by atoms with van der Waals surface area (Å²) in [6.07, 6.45) is 0.229. The predicted octanol–water partition coefficient (Wildman–Crippen LogP) is 4.56. The van der Waals surface area contributed by atoms with Gasteiger partial charge in [0.15, 0.2) is 0 Å². The van der Waals surface area contributed by atoms with E-state index < -0.39 is 0 Å². The highest BCUT2D eigenvalue weighted by molar-refractivity contribution is 5.83. The van der Waals surface area contributed by atoms with Gasteiger partial charge in [0, 0.05) is 0 Å². The Labute approximate surface area is 147 Å². The summed E-state index contributed by atoms with van der Waals surface area (Å²) in [6.45, 7) is 0. The molecule has 0 aromatic heterocycles. The number of anilines is 1. The summed E-state index contributed by atoms with van der Waals surface area (Å²) in [6, 6.07) is 21.8. The topological polar surface area (TPSA) is 47.6 Å². The number of benzene rings is 3. The third-order valence-corrected chi connectivity index (χ3v) is 4.21. The Balaban J connectivity index is 1.96. The van der Waals surface area contributed by atoms with E-state index in [4.69, 9.17) is 9.47 Å². The lowest BCUT2D eigenvalue weighted by atomic mass is 9.99. The number of ether oxygens (including phenoxy) is 2. The van der Waals surface area contributed by atoms with Gasteiger partial charge < -0.3 is 14.8 Å². The number of carbonyl (C=O) groups is 1. The van der Waals surface area contributed by atoms with E-state index in [1.807, 2.05) is 42.5 Å². The van der Waals surface area contributed by atoms with Crippen LogP contribution in [0.3, 0.4) is 0 Å². The van der Waals surface area contributed by atoms with E-state index in [0.29, 0.717) is 0 Å². The maximum atomic E-state index is 11.9. The lowest BCUT2D eigenvalue weighted by Gasteiger charge is -2.21. The molecule has 0 radical (unpaired) electrons. The van der Waals surface area contributed by atoms with Crippen molar-refractivity contribution in [2.24, 2.45) is 0 Å². The largest absolute Gasteiger partial charge is 0.495 e. The Morgan fingerprint density at radius 3 is 2.44 bits per heavy atom. The molecule has 0 heterocycles. The molecule has 0 spiro atoms. The van der Waals surface area contributed by atoms with Crippen LogP contribution < -0.4 is 10.1 Å². The molecule has 0 aliphatic heterocycles. The molecule has 25 heavy (non-hydrogen) atoms. The summed E-state index contributed by atoms with van der Waals surface area (Å²) in [7, 11) is 3.04. The molecule has 0 bridgehead atoms. The average Bonchev–Trinajstić information content (AvgIpc) is 2.67. The Morgan fingerprint density at radius 2 is 1.68 bits per heavy atom. The fourth-order valence-electron chi connectivity index (χ4n) is 2.88. The van der Waals surface area contributed by atoms with Crippen LogP contribution in [0.5, 0.6) is 5.75 Å². The van der Waals surface area contributed by atoms with Gasteiger partial charge in [-0.1, -0.05) is 48.5 Å². The number of esters is 1. The van der Waals surface area contributed by atoms with Crippen molar-refractivity contribution in [3.63, 3.8) is 0 Å². The zero-order chi connectivity index (χ0) is 17.6. The van der Waals surface area contributed by atoms with Gasteiger partial charge in [-0.05, 0) is 34.5 Å². The second-order valence-electron chi connectivity index (χ2n) is 5.78. The van der Waals surface area contributed by atoms with E-state index in [-0.39, 0.29) is 18.4 Å². The number of hydrogen-bond acceptors (Lipinski definition) is 4. The molecule has 0 fully saturated rings. The average molecular weight is 335 g/mol. The number of fused-ring (bicyclic) bond motifs is 1. The van der Waals surface area contributed by atoms with Gasteiger partial charge in [0.2, 0.25) is 0 Å². The minimum absolute atomic E-state index is 0.214. The maximum absolute atomic E-state index is 11.9. The first-order valence-electron chi connectivity index (χ1n) is 8.16. The molecule has 4 heteroatoms. The zero-order valence-electron chi connectivity index (χ0n) is 14.4. The van der Waals surface area contributed by atoms with Crippen molar-refractivity contribution >= 4 is 22.4 Å². The van der Waals surface area contributed by atoms with Gasteiger partial charge in [-0.3, -0.25) is 4.79 Å². The van der Waals surface area contributed by atoms with Gasteiger partial charge in [0.1, 0.15) is 5.75 Å². The molecule has 0 amide bonds. The summed E-state index contributed by atoms with van der Waals surface area (Å²) in [4.78, 5) is 11.9. The summed E-state index contributed by atoms with van der Waals surface area (Å²) in [5, 5.41) is 5.72. The van der Waals surface area contributed by atoms with E-state index in [1.165, 1.54) is 12.5 Å². The Kier molecular flexibility index (Phi) is 5.19. The Bertz CT molecular complexity index is 876. The molecular formula is C21H21NO3. The molecule has 0 aliphatic carbocycles. The molecule has 1 unspecified atom stereocenters. The van der Waals surface area contributed by atoms with Crippen LogP contribution in [0, 0.1) is 0 Å². The monoisotopic (exact) mass is 335 g/mol. The standard InChI is InChI=1S/C21H21NO3/c1-24-20-10-6-5-9-18(20)22-19(14-21(23)25-2)17-12-11-15-7-3-4-8-16(15)13-17/h3-13,19,22H,14H2,1-2H3. The second kappa shape index (κ2) is 7.71. The molecular weight excluding hydrogens is 314 g/mol. The van der Waals surface area contributed by atoms with Crippen molar-refractivity contribution in [1.82, 2.24) is 0 Å². The fourth-order valence-corrected chi connectivity index (χ4v) is 2.88. The number of hydrogen-bond donors (Lipinski definition) is 1. The molecule has 3 rings (SSSR count). The first kappa shape index (κ1) is 16.8. The number of nitrogens with one attached hydrogen (secondary N) is 1. The molecule has 0 saturated carbocycles. The molecule has 1 atom stereocenters. The third-order valence-electron chi connectivity index (χ3n) is 4.21. The molecule has 3 aromatic carbocycles. The van der Waals surface area contributed by atoms with Crippen molar-refractivity contribution < 1.29 is 14.3 Å². The fraction of sp³-hybridized carbons (Fsp3) is 0.190. The van der Waals surface area contributed by atoms with Gasteiger partial charge in [-0.2, -0.15) is 0 Å². The van der Waals surface area contributed by atoms with Crippen molar-refractivity contribution in [1.29, 1.82) is 0 Å². The van der Waals surface area contributed by atoms with E-state index in [2.05, 4.69) is 29.6 Å². The minimum Gasteiger partial charge on any atom is -0.495 e. The highest BCUT2D eigenvalue weighted by Crippen LogP contribution is 2.31. The van der Waals surface area contributed by atoms with Gasteiger partial charge in [0.25, 0.3) is 0 Å². The molecule has 3 aromatic rings. The smallest absolute Gasteiger partial charge is 0.307 e. The third kappa shape index (κ3) is 3.91. The van der Waals surface area contributed by atoms with Crippen LogP contribution in [0.25, 0.3) is 10.8 Å². The first-order valence-corrected chi connectivity index (χ1v) is 8.16. The predicted molar refractivity (Wildman–Crippen MR) is 99.9 cm³/mol. The Morgan fingerprint density at radius 1 is 0.960 bits per heavy atom. The highest BCUT2D eigenvalue weighted by Gasteiger charge is 2.18. The molecule has 1 N–H and O–H groups in total. The van der Waals surface area contributed by atoms with Crippen LogP contribution >= 0.6 is 0 Å². The first-order chi connectivity index (χ1) is 12.2. The lowest BCUT2D eigenvalue weighted by Crippen LogP contribution is -2.17. The maximum Gasteiger partial charge on any atom is 0.307 e. The quantitative estimate of drug-likeness (QED) is 0.671. The Hall–Kier alpha value is -3.01. The van der Waals surface area contributed by atoms with E-state index in [1.54, 1.807) is 7.11 Å². The summed E-state index contributed by atoms with van der Waals surface area (Å²) >= 11 is 0. The number of carbonyl (C=O) groups excluding carboxylic acids is 1. The van der Waals surface area contributed by atoms with E-state index in [9.17, 15) is 4.79 Å². The summed E-state index contributed by atoms with van der Waals surface area (Å²) in [5.41, 5.74) is 1.86. The second-order valence-corrected chi connectivity index (χ2v) is 5.78. The number of methoxy groups -OCH3 is 2. The van der Waals surface area contributed by atoms with Crippen molar-refractivity contribution in [3.05, 3.63) is 72.3 Å². The van der Waals surface area contributed by atoms with E-state index in [0.717, 1.165) is 22.4 Å². The van der Waals surface area contributed by atoms with Gasteiger partial charge in [-0.25, -0.2) is 0 Å². The summed E-state index contributed by atoms with van der Waals surface area (Å²) < 4.78 is 10.3. The number of rotatable bonds is 6. The highest BCUT2D eigenvalue weighted by atomic mass is 16.5.